The van der Waals surface area contributed by atoms with Gasteiger partial charge in [-0.05, 0) is 24.1 Å². The number of esters is 2. The minimum absolute atomic E-state index is 0.0487. The molecule has 108 valence electrons. The van der Waals surface area contributed by atoms with E-state index in [1.165, 1.54) is 26.0 Å². The van der Waals surface area contributed by atoms with Crippen molar-refractivity contribution >= 4 is 11.9 Å². The van der Waals surface area contributed by atoms with Gasteiger partial charge in [-0.25, -0.2) is 4.39 Å². The zero-order valence-corrected chi connectivity index (χ0v) is 11.5. The van der Waals surface area contributed by atoms with E-state index in [0.717, 1.165) is 5.56 Å². The van der Waals surface area contributed by atoms with Crippen LogP contribution in [0.4, 0.5) is 4.39 Å². The fraction of sp³-hybridized carbons (Fsp3) is 0.467. The minimum Gasteiger partial charge on any atom is -0.466 e. The van der Waals surface area contributed by atoms with Gasteiger partial charge in [0.25, 0.3) is 0 Å². The van der Waals surface area contributed by atoms with Crippen molar-refractivity contribution in [2.45, 2.75) is 25.7 Å². The molecule has 1 aliphatic carbocycles. The predicted molar refractivity (Wildman–Crippen MR) is 69.5 cm³/mol. The van der Waals surface area contributed by atoms with E-state index in [2.05, 4.69) is 0 Å². The monoisotopic (exact) mass is 280 g/mol. The van der Waals surface area contributed by atoms with Crippen LogP contribution in [0.5, 0.6) is 0 Å². The lowest BCUT2D eigenvalue weighted by Crippen LogP contribution is -2.22. The summed E-state index contributed by atoms with van der Waals surface area (Å²) in [5, 5.41) is 0. The Morgan fingerprint density at radius 3 is 2.60 bits per heavy atom. The third kappa shape index (κ3) is 3.15. The largest absolute Gasteiger partial charge is 0.466 e. The van der Waals surface area contributed by atoms with Crippen LogP contribution in [0.15, 0.2) is 24.3 Å². The van der Waals surface area contributed by atoms with Gasteiger partial charge in [0.15, 0.2) is 0 Å². The lowest BCUT2D eigenvalue weighted by Gasteiger charge is -2.18. The van der Waals surface area contributed by atoms with Crippen molar-refractivity contribution in [3.05, 3.63) is 35.6 Å². The average molecular weight is 280 g/mol. The molecule has 0 bridgehead atoms. The molecular formula is C15H17FO4. The summed E-state index contributed by atoms with van der Waals surface area (Å²) in [5.41, 5.74) is 0.333. The number of benzene rings is 1. The molecule has 0 unspecified atom stereocenters. The van der Waals surface area contributed by atoms with Crippen LogP contribution in [0.25, 0.3) is 0 Å². The predicted octanol–water partition coefficient (Wildman–Crippen LogP) is 2.21. The Morgan fingerprint density at radius 2 is 2.00 bits per heavy atom. The molecule has 4 nitrogen and oxygen atoms in total. The molecule has 20 heavy (non-hydrogen) atoms. The fourth-order valence-electron chi connectivity index (χ4n) is 2.46. The van der Waals surface area contributed by atoms with Crippen molar-refractivity contribution in [3.8, 4) is 0 Å². The summed E-state index contributed by atoms with van der Waals surface area (Å²) in [4.78, 5) is 21.9. The Morgan fingerprint density at radius 1 is 1.30 bits per heavy atom. The number of ether oxygens (including phenoxy) is 2. The smallest absolute Gasteiger partial charge is 0.302 e. The first kappa shape index (κ1) is 14.5. The lowest BCUT2D eigenvalue weighted by molar-refractivity contribution is -0.144. The minimum atomic E-state index is -0.441. The molecule has 1 fully saturated rings. The molecular weight excluding hydrogens is 263 g/mol. The quantitative estimate of drug-likeness (QED) is 0.776. The summed E-state index contributed by atoms with van der Waals surface area (Å²) in [6, 6.07) is 6.24. The molecule has 2 rings (SSSR count). The topological polar surface area (TPSA) is 52.6 Å². The summed E-state index contributed by atoms with van der Waals surface area (Å²) in [7, 11) is 0. The lowest BCUT2D eigenvalue weighted by atomic mass is 9.94. The second-order valence-corrected chi connectivity index (χ2v) is 5.15. The number of hydrogen-bond acceptors (Lipinski definition) is 4. The van der Waals surface area contributed by atoms with E-state index in [0.29, 0.717) is 6.42 Å². The Labute approximate surface area is 116 Å². The first-order valence-corrected chi connectivity index (χ1v) is 6.47. The summed E-state index contributed by atoms with van der Waals surface area (Å²) >= 11 is 0. The fourth-order valence-corrected chi connectivity index (χ4v) is 2.46. The molecule has 1 aromatic carbocycles. The van der Waals surface area contributed by atoms with Gasteiger partial charge >= 0.3 is 11.9 Å². The third-order valence-corrected chi connectivity index (χ3v) is 3.65. The maximum atomic E-state index is 13.4. The number of hydrogen-bond donors (Lipinski definition) is 0. The van der Waals surface area contributed by atoms with Crippen LogP contribution in [-0.2, 0) is 24.5 Å². The van der Waals surface area contributed by atoms with Gasteiger partial charge in [0.1, 0.15) is 12.4 Å². The van der Waals surface area contributed by atoms with E-state index in [9.17, 15) is 14.0 Å². The molecule has 0 amide bonds. The number of halogens is 1. The van der Waals surface area contributed by atoms with Gasteiger partial charge in [0, 0.05) is 25.2 Å². The first-order chi connectivity index (χ1) is 9.44. The molecule has 0 radical (unpaired) electrons. The van der Waals surface area contributed by atoms with Crippen molar-refractivity contribution in [3.63, 3.8) is 0 Å². The second kappa shape index (κ2) is 5.61. The van der Waals surface area contributed by atoms with Crippen LogP contribution in [0.2, 0.25) is 0 Å². The van der Waals surface area contributed by atoms with Crippen LogP contribution >= 0.6 is 0 Å². The molecule has 0 heterocycles. The van der Waals surface area contributed by atoms with E-state index in [-0.39, 0.29) is 36.9 Å². The Hall–Kier alpha value is -1.91. The molecule has 0 spiro atoms. The second-order valence-electron chi connectivity index (χ2n) is 5.15. The maximum absolute atomic E-state index is 13.4. The zero-order valence-electron chi connectivity index (χ0n) is 11.5. The maximum Gasteiger partial charge on any atom is 0.302 e. The molecule has 1 aromatic rings. The Kier molecular flexibility index (Phi) is 4.06. The van der Waals surface area contributed by atoms with Gasteiger partial charge < -0.3 is 9.47 Å². The van der Waals surface area contributed by atoms with Gasteiger partial charge in [0.05, 0.1) is 6.61 Å². The summed E-state index contributed by atoms with van der Waals surface area (Å²) in [6.45, 7) is 3.12. The van der Waals surface area contributed by atoms with Crippen molar-refractivity contribution in [1.82, 2.24) is 0 Å². The first-order valence-electron chi connectivity index (χ1n) is 6.47. The van der Waals surface area contributed by atoms with Gasteiger partial charge in [-0.1, -0.05) is 12.1 Å². The molecule has 1 aliphatic rings. The third-order valence-electron chi connectivity index (χ3n) is 3.65. The molecule has 0 aliphatic heterocycles. The highest BCUT2D eigenvalue weighted by Crippen LogP contribution is 2.54. The molecule has 2 atom stereocenters. The van der Waals surface area contributed by atoms with Gasteiger partial charge in [-0.2, -0.15) is 0 Å². The number of rotatable bonds is 5. The van der Waals surface area contributed by atoms with Gasteiger partial charge in [0.2, 0.25) is 0 Å². The van der Waals surface area contributed by atoms with Crippen LogP contribution in [0.3, 0.4) is 0 Å². The highest BCUT2D eigenvalue weighted by molar-refractivity contribution is 5.66. The van der Waals surface area contributed by atoms with Crippen molar-refractivity contribution in [2.75, 3.05) is 13.2 Å². The van der Waals surface area contributed by atoms with Crippen LogP contribution in [-0.4, -0.2) is 25.2 Å². The summed E-state index contributed by atoms with van der Waals surface area (Å²) in [5.74, 6) is -1.01. The summed E-state index contributed by atoms with van der Waals surface area (Å²) in [6.07, 6.45) is 0.705. The average Bonchev–Trinajstić information content (AvgIpc) is 3.09. The van der Waals surface area contributed by atoms with Crippen molar-refractivity contribution in [1.29, 1.82) is 0 Å². The highest BCUT2D eigenvalue weighted by atomic mass is 19.1. The molecule has 0 N–H and O–H groups in total. The van der Waals surface area contributed by atoms with Gasteiger partial charge in [-0.3, -0.25) is 9.59 Å². The Bertz CT molecular complexity index is 528. The van der Waals surface area contributed by atoms with E-state index in [1.54, 1.807) is 12.1 Å². The van der Waals surface area contributed by atoms with E-state index in [4.69, 9.17) is 9.47 Å². The summed E-state index contributed by atoms with van der Waals surface area (Å²) < 4.78 is 23.5. The standard InChI is InChI=1S/C15H17FO4/c1-10(17)19-8-13-7-15(13,9-20-11(2)18)12-4-3-5-14(16)6-12/h3-6,13H,7-9H2,1-2H3/t13-,15+/m0/s1. The van der Waals surface area contributed by atoms with Crippen LogP contribution in [0.1, 0.15) is 25.8 Å². The molecule has 1 saturated carbocycles. The van der Waals surface area contributed by atoms with Crippen LogP contribution < -0.4 is 0 Å². The molecule has 0 aromatic heterocycles. The Balaban J connectivity index is 2.14. The van der Waals surface area contributed by atoms with Crippen LogP contribution in [0, 0.1) is 11.7 Å². The van der Waals surface area contributed by atoms with Crippen molar-refractivity contribution in [2.24, 2.45) is 5.92 Å². The van der Waals surface area contributed by atoms with E-state index < -0.39 is 5.41 Å². The molecule has 0 saturated heterocycles. The normalized spacial score (nSPS) is 24.1. The van der Waals surface area contributed by atoms with E-state index in [1.807, 2.05) is 0 Å². The van der Waals surface area contributed by atoms with Crippen molar-refractivity contribution < 1.29 is 23.5 Å². The number of carbonyl (C=O) groups is 2. The number of carbonyl (C=O) groups excluding carboxylic acids is 2. The SMILES string of the molecule is CC(=O)OC[C@@H]1C[C@@]1(COC(C)=O)c1cccc(F)c1. The van der Waals surface area contributed by atoms with Gasteiger partial charge in [-0.15, -0.1) is 0 Å². The molecule has 5 heteroatoms. The highest BCUT2D eigenvalue weighted by Gasteiger charge is 2.56. The van der Waals surface area contributed by atoms with E-state index >= 15 is 0 Å². The zero-order chi connectivity index (χ0) is 14.8.